The Kier molecular flexibility index (Phi) is 4.42. The van der Waals surface area contributed by atoms with Crippen LogP contribution in [0.3, 0.4) is 0 Å². The van der Waals surface area contributed by atoms with Crippen LogP contribution in [0.5, 0.6) is 0 Å². The molecule has 7 heteroatoms. The minimum absolute atomic E-state index is 0.0686. The molecular weight excluding hydrogens is 407 g/mol. The highest BCUT2D eigenvalue weighted by molar-refractivity contribution is 5.98. The van der Waals surface area contributed by atoms with Crippen molar-refractivity contribution in [1.82, 2.24) is 16.0 Å². The summed E-state index contributed by atoms with van der Waals surface area (Å²) in [5, 5.41) is 9.15. The number of carbonyl (C=O) groups is 2. The molecule has 2 saturated carbocycles. The van der Waals surface area contributed by atoms with Crippen LogP contribution >= 0.6 is 0 Å². The van der Waals surface area contributed by atoms with E-state index in [0.717, 1.165) is 29.0 Å². The summed E-state index contributed by atoms with van der Waals surface area (Å²) in [7, 11) is 0. The first-order chi connectivity index (χ1) is 15.4. The third-order valence-electron chi connectivity index (χ3n) is 8.05. The first-order valence-corrected chi connectivity index (χ1v) is 11.4. The van der Waals surface area contributed by atoms with Gasteiger partial charge in [0.15, 0.2) is 0 Å². The fraction of sp³-hybridized carbons (Fsp3) is 0.440. The molecular formula is C25H27FN4O2. The maximum Gasteiger partial charge on any atom is 0.251 e. The van der Waals surface area contributed by atoms with E-state index in [1.807, 2.05) is 18.2 Å². The summed E-state index contributed by atoms with van der Waals surface area (Å²) in [6.07, 6.45) is 0.660. The normalized spacial score (nSPS) is 32.3. The van der Waals surface area contributed by atoms with Crippen LogP contribution in [0.15, 0.2) is 36.4 Å². The molecule has 32 heavy (non-hydrogen) atoms. The van der Waals surface area contributed by atoms with E-state index in [2.05, 4.69) is 22.9 Å². The Balaban J connectivity index is 1.11. The molecule has 6 rings (SSSR count). The van der Waals surface area contributed by atoms with Crippen molar-refractivity contribution in [3.05, 3.63) is 58.9 Å². The van der Waals surface area contributed by atoms with Crippen LogP contribution < -0.4 is 21.7 Å². The smallest absolute Gasteiger partial charge is 0.251 e. The number of benzene rings is 2. The Morgan fingerprint density at radius 3 is 2.78 bits per heavy atom. The van der Waals surface area contributed by atoms with Gasteiger partial charge in [0.05, 0.1) is 12.2 Å². The zero-order chi connectivity index (χ0) is 22.1. The van der Waals surface area contributed by atoms with E-state index in [4.69, 9.17) is 5.73 Å². The van der Waals surface area contributed by atoms with Gasteiger partial charge >= 0.3 is 0 Å². The Morgan fingerprint density at radius 1 is 1.22 bits per heavy atom. The van der Waals surface area contributed by atoms with Gasteiger partial charge in [0.2, 0.25) is 5.91 Å². The van der Waals surface area contributed by atoms with E-state index in [0.29, 0.717) is 41.5 Å². The van der Waals surface area contributed by atoms with Crippen molar-refractivity contribution in [3.63, 3.8) is 0 Å². The molecule has 166 valence electrons. The van der Waals surface area contributed by atoms with Crippen molar-refractivity contribution in [2.24, 2.45) is 29.4 Å². The molecule has 4 aliphatic rings. The number of fused-ring (bicyclic) bond motifs is 6. The molecule has 2 aromatic rings. The lowest BCUT2D eigenvalue weighted by Gasteiger charge is -2.24. The van der Waals surface area contributed by atoms with Gasteiger partial charge < -0.3 is 21.7 Å². The average molecular weight is 435 g/mol. The maximum atomic E-state index is 14.8. The first-order valence-electron chi connectivity index (χ1n) is 11.4. The standard InChI is InChI=1S/C25H27FN4O2/c1-11-21-17-9-19(22(11)21)29-23(17)25(32)30-20(27)8-14-3-2-13(7-18(14)26)12-4-5-16-15(6-12)10-28-24(16)31/h2-7,11,17,19-23,29H,8-10,27H2,1H3,(H,28,31)(H,30,32). The van der Waals surface area contributed by atoms with Crippen molar-refractivity contribution in [2.45, 2.75) is 44.6 Å². The third-order valence-corrected chi connectivity index (χ3v) is 8.05. The lowest BCUT2D eigenvalue weighted by atomic mass is 9.94. The van der Waals surface area contributed by atoms with Crippen LogP contribution in [0, 0.1) is 29.5 Å². The predicted octanol–water partition coefficient (Wildman–Crippen LogP) is 1.92. The number of piperidine rings is 1. The van der Waals surface area contributed by atoms with E-state index in [1.54, 1.807) is 12.1 Å². The summed E-state index contributed by atoms with van der Waals surface area (Å²) in [4.78, 5) is 24.5. The van der Waals surface area contributed by atoms with Crippen LogP contribution in [0.4, 0.5) is 4.39 Å². The van der Waals surface area contributed by atoms with E-state index >= 15 is 0 Å². The summed E-state index contributed by atoms with van der Waals surface area (Å²) < 4.78 is 14.8. The highest BCUT2D eigenvalue weighted by atomic mass is 19.1. The van der Waals surface area contributed by atoms with E-state index < -0.39 is 6.17 Å². The molecule has 6 nitrogen and oxygen atoms in total. The highest BCUT2D eigenvalue weighted by Crippen LogP contribution is 2.64. The fourth-order valence-electron chi connectivity index (χ4n) is 6.47. The molecule has 2 aromatic carbocycles. The van der Waals surface area contributed by atoms with E-state index in [-0.39, 0.29) is 30.1 Å². The zero-order valence-electron chi connectivity index (χ0n) is 17.9. The van der Waals surface area contributed by atoms with Crippen molar-refractivity contribution in [1.29, 1.82) is 0 Å². The number of amides is 2. The number of hydrogen-bond donors (Lipinski definition) is 4. The minimum Gasteiger partial charge on any atom is -0.348 e. The minimum atomic E-state index is -0.645. The summed E-state index contributed by atoms with van der Waals surface area (Å²) >= 11 is 0. The molecule has 2 aliphatic heterocycles. The van der Waals surface area contributed by atoms with Gasteiger partial charge in [-0.3, -0.25) is 9.59 Å². The van der Waals surface area contributed by atoms with Gasteiger partial charge in [-0.15, -0.1) is 0 Å². The lowest BCUT2D eigenvalue weighted by Crippen LogP contribution is -2.53. The molecule has 7 atom stereocenters. The highest BCUT2D eigenvalue weighted by Gasteiger charge is 2.67. The fourth-order valence-corrected chi connectivity index (χ4v) is 6.47. The van der Waals surface area contributed by atoms with Gasteiger partial charge in [-0.2, -0.15) is 0 Å². The molecule has 2 bridgehead atoms. The van der Waals surface area contributed by atoms with Gasteiger partial charge in [0.25, 0.3) is 5.91 Å². The van der Waals surface area contributed by atoms with Crippen LogP contribution in [-0.2, 0) is 17.8 Å². The number of nitrogens with one attached hydrogen (secondary N) is 3. The maximum absolute atomic E-state index is 14.8. The Morgan fingerprint density at radius 2 is 2.00 bits per heavy atom. The molecule has 7 unspecified atom stereocenters. The van der Waals surface area contributed by atoms with E-state index in [9.17, 15) is 14.0 Å². The number of carbonyl (C=O) groups excluding carboxylic acids is 2. The van der Waals surface area contributed by atoms with Crippen LogP contribution in [0.2, 0.25) is 0 Å². The quantitative estimate of drug-likeness (QED) is 0.541. The Labute approximate surface area is 186 Å². The molecule has 0 aromatic heterocycles. The van der Waals surface area contributed by atoms with Crippen molar-refractivity contribution >= 4 is 11.8 Å². The zero-order valence-corrected chi connectivity index (χ0v) is 17.9. The SMILES string of the molecule is CC1C2C3CC(C(C(=O)NC(N)Cc4ccc(-c5ccc6c(c5)CNC6=O)cc4F)N3)C12. The summed E-state index contributed by atoms with van der Waals surface area (Å²) in [5.41, 5.74) is 9.83. The molecule has 5 N–H and O–H groups in total. The number of halogens is 1. The van der Waals surface area contributed by atoms with Gasteiger partial charge in [-0.25, -0.2) is 4.39 Å². The number of hydrogen-bond acceptors (Lipinski definition) is 4. The van der Waals surface area contributed by atoms with Crippen molar-refractivity contribution < 1.29 is 14.0 Å². The van der Waals surface area contributed by atoms with Gasteiger partial charge in [0, 0.05) is 24.6 Å². The lowest BCUT2D eigenvalue weighted by molar-refractivity contribution is -0.124. The largest absolute Gasteiger partial charge is 0.348 e. The summed E-state index contributed by atoms with van der Waals surface area (Å²) in [6, 6.07) is 10.9. The first kappa shape index (κ1) is 19.9. The third kappa shape index (κ3) is 3.06. The summed E-state index contributed by atoms with van der Waals surface area (Å²) in [5.74, 6) is 2.04. The van der Waals surface area contributed by atoms with Gasteiger partial charge in [0.1, 0.15) is 5.82 Å². The van der Waals surface area contributed by atoms with Crippen molar-refractivity contribution in [2.75, 3.05) is 0 Å². The van der Waals surface area contributed by atoms with Crippen molar-refractivity contribution in [3.8, 4) is 11.1 Å². The van der Waals surface area contributed by atoms with E-state index in [1.165, 1.54) is 6.07 Å². The molecule has 3 fully saturated rings. The van der Waals surface area contributed by atoms with Crippen LogP contribution in [0.25, 0.3) is 11.1 Å². The van der Waals surface area contributed by atoms with Crippen LogP contribution in [0.1, 0.15) is 34.8 Å². The predicted molar refractivity (Wildman–Crippen MR) is 118 cm³/mol. The average Bonchev–Trinajstić information content (AvgIpc) is 3.12. The topological polar surface area (TPSA) is 96.2 Å². The second-order valence-electron chi connectivity index (χ2n) is 9.84. The number of rotatable bonds is 5. The summed E-state index contributed by atoms with van der Waals surface area (Å²) in [6.45, 7) is 2.77. The van der Waals surface area contributed by atoms with Gasteiger partial charge in [-0.05, 0) is 70.5 Å². The van der Waals surface area contributed by atoms with Gasteiger partial charge in [-0.1, -0.05) is 25.1 Å². The molecule has 0 spiro atoms. The van der Waals surface area contributed by atoms with Crippen LogP contribution in [-0.4, -0.2) is 30.1 Å². The Hall–Kier alpha value is -2.77. The Bertz CT molecular complexity index is 1130. The molecule has 0 radical (unpaired) electrons. The number of nitrogens with two attached hydrogens (primary N) is 1. The molecule has 2 aliphatic carbocycles. The molecule has 1 saturated heterocycles. The molecule has 2 amide bonds. The molecule has 2 heterocycles. The second-order valence-corrected chi connectivity index (χ2v) is 9.84. The second kappa shape index (κ2) is 7.12. The monoisotopic (exact) mass is 434 g/mol.